The summed E-state index contributed by atoms with van der Waals surface area (Å²) >= 11 is 3.47. The lowest BCUT2D eigenvalue weighted by Gasteiger charge is -2.34. The molecule has 0 unspecified atom stereocenters. The van der Waals surface area contributed by atoms with Crippen molar-refractivity contribution in [2.24, 2.45) is 4.99 Å². The Hall–Kier alpha value is -2.04. The Morgan fingerprint density at radius 3 is 2.12 bits per heavy atom. The summed E-state index contributed by atoms with van der Waals surface area (Å²) in [7, 11) is 0. The molecule has 0 amide bonds. The second kappa shape index (κ2) is 7.06. The SMILES string of the molecule is CSC[C@@H]1N=C(c2cccs2)OC1(c1ccccc1)c1ccccc1. The molecule has 1 aliphatic heterocycles. The average Bonchev–Trinajstić information content (AvgIpc) is 3.32. The topological polar surface area (TPSA) is 21.6 Å². The van der Waals surface area contributed by atoms with Gasteiger partial charge in [0.2, 0.25) is 5.90 Å². The Morgan fingerprint density at radius 1 is 0.960 bits per heavy atom. The minimum Gasteiger partial charge on any atom is -0.458 e. The first-order chi connectivity index (χ1) is 12.3. The van der Waals surface area contributed by atoms with Gasteiger partial charge in [0.15, 0.2) is 5.60 Å². The van der Waals surface area contributed by atoms with Gasteiger partial charge in [-0.3, -0.25) is 0 Å². The molecule has 0 fully saturated rings. The average molecular weight is 366 g/mol. The van der Waals surface area contributed by atoms with Crippen LogP contribution in [0.5, 0.6) is 0 Å². The number of benzene rings is 2. The highest BCUT2D eigenvalue weighted by Gasteiger charge is 2.49. The number of thiophene rings is 1. The molecule has 0 spiro atoms. The van der Waals surface area contributed by atoms with Gasteiger partial charge in [-0.15, -0.1) is 11.3 Å². The van der Waals surface area contributed by atoms with Crippen molar-refractivity contribution in [2.75, 3.05) is 12.0 Å². The highest BCUT2D eigenvalue weighted by atomic mass is 32.2. The summed E-state index contributed by atoms with van der Waals surface area (Å²) in [5.74, 6) is 1.65. The summed E-state index contributed by atoms with van der Waals surface area (Å²) in [5.41, 5.74) is 1.72. The van der Waals surface area contributed by atoms with Crippen molar-refractivity contribution in [1.29, 1.82) is 0 Å². The van der Waals surface area contributed by atoms with E-state index >= 15 is 0 Å². The number of rotatable bonds is 5. The summed E-state index contributed by atoms with van der Waals surface area (Å²) < 4.78 is 6.68. The Balaban J connectivity index is 1.88. The summed E-state index contributed by atoms with van der Waals surface area (Å²) in [6, 6.07) is 25.1. The molecule has 126 valence electrons. The van der Waals surface area contributed by atoms with Crippen LogP contribution in [-0.2, 0) is 10.3 Å². The Labute approximate surface area is 156 Å². The van der Waals surface area contributed by atoms with Crippen molar-refractivity contribution in [3.63, 3.8) is 0 Å². The van der Waals surface area contributed by atoms with Crippen molar-refractivity contribution in [2.45, 2.75) is 11.6 Å². The Kier molecular flexibility index (Phi) is 4.64. The zero-order valence-electron chi connectivity index (χ0n) is 14.0. The summed E-state index contributed by atoms with van der Waals surface area (Å²) in [6.45, 7) is 0. The smallest absolute Gasteiger partial charge is 0.228 e. The van der Waals surface area contributed by atoms with E-state index in [2.05, 4.69) is 66.2 Å². The normalized spacial score (nSPS) is 18.6. The van der Waals surface area contributed by atoms with E-state index in [0.29, 0.717) is 0 Å². The van der Waals surface area contributed by atoms with Gasteiger partial charge in [0, 0.05) is 16.9 Å². The molecule has 25 heavy (non-hydrogen) atoms. The summed E-state index contributed by atoms with van der Waals surface area (Å²) in [6.07, 6.45) is 2.12. The monoisotopic (exact) mass is 365 g/mol. The third-order valence-corrected chi connectivity index (χ3v) is 5.97. The van der Waals surface area contributed by atoms with Gasteiger partial charge >= 0.3 is 0 Å². The maximum Gasteiger partial charge on any atom is 0.228 e. The van der Waals surface area contributed by atoms with Crippen LogP contribution in [0, 0.1) is 0 Å². The second-order valence-corrected chi connectivity index (χ2v) is 7.81. The molecule has 0 bridgehead atoms. The van der Waals surface area contributed by atoms with Gasteiger partial charge in [0.1, 0.15) is 6.04 Å². The Morgan fingerprint density at radius 2 is 1.60 bits per heavy atom. The van der Waals surface area contributed by atoms with Gasteiger partial charge in [-0.2, -0.15) is 11.8 Å². The first-order valence-electron chi connectivity index (χ1n) is 8.25. The van der Waals surface area contributed by atoms with E-state index in [4.69, 9.17) is 9.73 Å². The molecule has 3 aromatic rings. The third kappa shape index (κ3) is 2.90. The molecule has 2 nitrogen and oxygen atoms in total. The maximum atomic E-state index is 6.68. The van der Waals surface area contributed by atoms with E-state index in [-0.39, 0.29) is 6.04 Å². The first-order valence-corrected chi connectivity index (χ1v) is 10.5. The van der Waals surface area contributed by atoms with E-state index in [0.717, 1.165) is 27.7 Å². The first kappa shape index (κ1) is 16.4. The largest absolute Gasteiger partial charge is 0.458 e. The van der Waals surface area contributed by atoms with Gasteiger partial charge in [0.05, 0.1) is 4.88 Å². The zero-order valence-corrected chi connectivity index (χ0v) is 15.6. The number of aliphatic imine (C=N–C) groups is 1. The predicted molar refractivity (Wildman–Crippen MR) is 108 cm³/mol. The van der Waals surface area contributed by atoms with E-state index in [1.54, 1.807) is 23.1 Å². The predicted octanol–water partition coefficient (Wildman–Crippen LogP) is 5.20. The van der Waals surface area contributed by atoms with Crippen LogP contribution in [0.15, 0.2) is 83.2 Å². The van der Waals surface area contributed by atoms with Gasteiger partial charge in [-0.25, -0.2) is 4.99 Å². The van der Waals surface area contributed by atoms with Crippen LogP contribution in [0.4, 0.5) is 0 Å². The van der Waals surface area contributed by atoms with E-state index < -0.39 is 5.60 Å². The van der Waals surface area contributed by atoms with Crippen LogP contribution in [0.25, 0.3) is 0 Å². The quantitative estimate of drug-likeness (QED) is 0.620. The van der Waals surface area contributed by atoms with Crippen LogP contribution in [0.2, 0.25) is 0 Å². The van der Waals surface area contributed by atoms with E-state index in [9.17, 15) is 0 Å². The Bertz CT molecular complexity index is 805. The highest BCUT2D eigenvalue weighted by molar-refractivity contribution is 7.98. The third-order valence-electron chi connectivity index (χ3n) is 4.46. The van der Waals surface area contributed by atoms with Crippen LogP contribution < -0.4 is 0 Å². The molecule has 0 saturated heterocycles. The molecule has 2 aromatic carbocycles. The number of ether oxygens (including phenoxy) is 1. The molecule has 0 aliphatic carbocycles. The van der Waals surface area contributed by atoms with Gasteiger partial charge in [-0.1, -0.05) is 66.7 Å². The lowest BCUT2D eigenvalue weighted by molar-refractivity contribution is 0.106. The van der Waals surface area contributed by atoms with E-state index in [1.807, 2.05) is 18.2 Å². The maximum absolute atomic E-state index is 6.68. The minimum atomic E-state index is -0.579. The van der Waals surface area contributed by atoms with Crippen molar-refractivity contribution in [3.8, 4) is 0 Å². The zero-order chi connectivity index (χ0) is 17.1. The summed E-state index contributed by atoms with van der Waals surface area (Å²) in [4.78, 5) is 6.09. The molecular formula is C21H19NOS2. The van der Waals surface area contributed by atoms with Crippen LogP contribution in [0.3, 0.4) is 0 Å². The minimum absolute atomic E-state index is 0.0319. The number of thioether (sulfide) groups is 1. The van der Waals surface area contributed by atoms with Crippen LogP contribution in [-0.4, -0.2) is 23.9 Å². The number of hydrogen-bond donors (Lipinski definition) is 0. The molecular weight excluding hydrogens is 346 g/mol. The van der Waals surface area contributed by atoms with Gasteiger partial charge < -0.3 is 4.74 Å². The molecule has 1 atom stereocenters. The molecule has 2 heterocycles. The molecule has 1 aromatic heterocycles. The van der Waals surface area contributed by atoms with Crippen molar-refractivity contribution >= 4 is 29.0 Å². The van der Waals surface area contributed by atoms with Crippen molar-refractivity contribution < 1.29 is 4.74 Å². The standard InChI is InChI=1S/C21H19NOS2/c1-24-15-19-21(16-9-4-2-5-10-16,17-11-6-3-7-12-17)23-20(22-19)18-13-8-14-25-18/h2-14,19H,15H2,1H3/t19-/m0/s1. The fourth-order valence-corrected chi connectivity index (χ4v) is 4.63. The lowest BCUT2D eigenvalue weighted by atomic mass is 9.81. The fourth-order valence-electron chi connectivity index (χ4n) is 3.35. The molecule has 4 heteroatoms. The van der Waals surface area contributed by atoms with Crippen molar-refractivity contribution in [1.82, 2.24) is 0 Å². The number of nitrogens with zero attached hydrogens (tertiary/aromatic N) is 1. The molecule has 1 aliphatic rings. The molecule has 0 radical (unpaired) electrons. The van der Waals surface area contributed by atoms with Gasteiger partial charge in [0.25, 0.3) is 0 Å². The van der Waals surface area contributed by atoms with E-state index in [1.165, 1.54) is 0 Å². The second-order valence-electron chi connectivity index (χ2n) is 5.95. The fraction of sp³-hybridized carbons (Fsp3) is 0.190. The van der Waals surface area contributed by atoms with Crippen molar-refractivity contribution in [3.05, 3.63) is 94.2 Å². The molecule has 0 N–H and O–H groups in total. The number of hydrogen-bond acceptors (Lipinski definition) is 4. The van der Waals surface area contributed by atoms with Crippen LogP contribution in [0.1, 0.15) is 16.0 Å². The highest BCUT2D eigenvalue weighted by Crippen LogP contribution is 2.44. The van der Waals surface area contributed by atoms with Crippen LogP contribution >= 0.6 is 23.1 Å². The molecule has 4 rings (SSSR count). The van der Waals surface area contributed by atoms with Gasteiger partial charge in [-0.05, 0) is 17.7 Å². The molecule has 0 saturated carbocycles. The summed E-state index contributed by atoms with van der Waals surface area (Å²) in [5, 5.41) is 2.07. The lowest BCUT2D eigenvalue weighted by Crippen LogP contribution is -2.40.